The first-order chi connectivity index (χ1) is 8.81. The number of nitrogens with two attached hydrogens (primary N) is 1. The minimum Gasteiger partial charge on any atom is -0.439 e. The minimum absolute atomic E-state index is 0.329. The van der Waals surface area contributed by atoms with E-state index in [1.165, 1.54) is 5.56 Å². The van der Waals surface area contributed by atoms with Crippen molar-refractivity contribution in [1.29, 1.82) is 0 Å². The van der Waals surface area contributed by atoms with Gasteiger partial charge in [-0.05, 0) is 24.1 Å². The fourth-order valence-electron chi connectivity index (χ4n) is 1.60. The highest BCUT2D eigenvalue weighted by molar-refractivity contribution is 5.32. The summed E-state index contributed by atoms with van der Waals surface area (Å²) in [5.41, 5.74) is 3.68. The van der Waals surface area contributed by atoms with Gasteiger partial charge in [0.15, 0.2) is 0 Å². The van der Waals surface area contributed by atoms with Gasteiger partial charge in [-0.25, -0.2) is 10.8 Å². The quantitative estimate of drug-likeness (QED) is 0.624. The number of nitrogens with zero attached hydrogens (tertiary/aromatic N) is 2. The maximum Gasteiger partial charge on any atom is 0.240 e. The summed E-state index contributed by atoms with van der Waals surface area (Å²) in [4.78, 5) is 7.99. The second-order valence-corrected chi connectivity index (χ2v) is 3.86. The van der Waals surface area contributed by atoms with Crippen LogP contribution >= 0.6 is 0 Å². The summed E-state index contributed by atoms with van der Waals surface area (Å²) in [5.74, 6) is 6.77. The van der Waals surface area contributed by atoms with Gasteiger partial charge >= 0.3 is 0 Å². The molecule has 2 rings (SSSR count). The Morgan fingerprint density at radius 3 is 2.67 bits per heavy atom. The van der Waals surface area contributed by atoms with Crippen LogP contribution in [0.15, 0.2) is 36.5 Å². The lowest BCUT2D eigenvalue weighted by Crippen LogP contribution is -2.10. The largest absolute Gasteiger partial charge is 0.439 e. The summed E-state index contributed by atoms with van der Waals surface area (Å²) in [6.45, 7) is 2.16. The molecule has 18 heavy (non-hydrogen) atoms. The number of hydrogen-bond donors (Lipinski definition) is 2. The minimum atomic E-state index is 0.329. The first-order valence-corrected chi connectivity index (χ1v) is 5.88. The molecule has 5 nitrogen and oxygen atoms in total. The van der Waals surface area contributed by atoms with Gasteiger partial charge in [0, 0.05) is 12.3 Å². The first-order valence-electron chi connectivity index (χ1n) is 5.88. The Hall–Kier alpha value is -2.14. The summed E-state index contributed by atoms with van der Waals surface area (Å²) in [6.07, 6.45) is 3.80. The number of anilines is 1. The number of nitrogen functional groups attached to an aromatic ring is 1. The molecule has 5 heteroatoms. The molecule has 1 aromatic heterocycles. The van der Waals surface area contributed by atoms with E-state index in [0.29, 0.717) is 11.8 Å². The van der Waals surface area contributed by atoms with Gasteiger partial charge in [-0.3, -0.25) is 5.43 Å². The van der Waals surface area contributed by atoms with Crippen molar-refractivity contribution in [2.24, 2.45) is 5.84 Å². The van der Waals surface area contributed by atoms with Crippen molar-refractivity contribution in [3.8, 4) is 11.6 Å². The van der Waals surface area contributed by atoms with Gasteiger partial charge in [0.25, 0.3) is 0 Å². The zero-order chi connectivity index (χ0) is 12.8. The summed E-state index contributed by atoms with van der Waals surface area (Å²) in [6, 6.07) is 9.66. The van der Waals surface area contributed by atoms with Crippen LogP contribution in [-0.4, -0.2) is 9.97 Å². The van der Waals surface area contributed by atoms with Gasteiger partial charge in [-0.1, -0.05) is 25.5 Å². The third-order valence-electron chi connectivity index (χ3n) is 2.44. The second kappa shape index (κ2) is 5.97. The molecule has 0 aliphatic rings. The number of rotatable bonds is 5. The lowest BCUT2D eigenvalue weighted by atomic mass is 10.1. The summed E-state index contributed by atoms with van der Waals surface area (Å²) in [5, 5.41) is 0. The molecular weight excluding hydrogens is 228 g/mol. The molecule has 2 aromatic rings. The Morgan fingerprint density at radius 2 is 2.00 bits per heavy atom. The van der Waals surface area contributed by atoms with Crippen LogP contribution in [-0.2, 0) is 6.42 Å². The number of hydrogen-bond acceptors (Lipinski definition) is 5. The van der Waals surface area contributed by atoms with Gasteiger partial charge in [0.05, 0.1) is 0 Å². The third-order valence-corrected chi connectivity index (χ3v) is 2.44. The molecule has 0 radical (unpaired) electrons. The topological polar surface area (TPSA) is 73.1 Å². The molecule has 0 saturated carbocycles. The van der Waals surface area contributed by atoms with Crippen LogP contribution in [0.25, 0.3) is 0 Å². The van der Waals surface area contributed by atoms with E-state index in [9.17, 15) is 0 Å². The van der Waals surface area contributed by atoms with Crippen LogP contribution in [0.1, 0.15) is 18.9 Å². The average Bonchev–Trinajstić information content (AvgIpc) is 2.42. The van der Waals surface area contributed by atoms with Crippen molar-refractivity contribution in [1.82, 2.24) is 9.97 Å². The fraction of sp³-hybridized carbons (Fsp3) is 0.231. The van der Waals surface area contributed by atoms with Gasteiger partial charge in [0.2, 0.25) is 11.8 Å². The van der Waals surface area contributed by atoms with E-state index in [4.69, 9.17) is 10.6 Å². The molecule has 0 unspecified atom stereocenters. The summed E-state index contributed by atoms with van der Waals surface area (Å²) < 4.78 is 5.61. The van der Waals surface area contributed by atoms with E-state index >= 15 is 0 Å². The maximum atomic E-state index is 5.61. The lowest BCUT2D eigenvalue weighted by Gasteiger charge is -2.06. The Balaban J connectivity index is 2.08. The zero-order valence-corrected chi connectivity index (χ0v) is 10.3. The van der Waals surface area contributed by atoms with E-state index in [2.05, 4.69) is 34.5 Å². The lowest BCUT2D eigenvalue weighted by molar-refractivity contribution is 0.462. The standard InChI is InChI=1S/C13H16N4O/c1-2-3-10-4-6-11(7-5-10)18-12-8-9-15-13(16-12)17-14/h4-9H,2-3,14H2,1H3,(H,15,16,17). The van der Waals surface area contributed by atoms with E-state index in [-0.39, 0.29) is 0 Å². The Bertz CT molecular complexity index is 499. The highest BCUT2D eigenvalue weighted by Gasteiger charge is 2.01. The third kappa shape index (κ3) is 3.18. The van der Waals surface area contributed by atoms with E-state index in [1.54, 1.807) is 12.3 Å². The van der Waals surface area contributed by atoms with Crippen molar-refractivity contribution in [3.63, 3.8) is 0 Å². The number of benzene rings is 1. The predicted octanol–water partition coefficient (Wildman–Crippen LogP) is 2.51. The molecule has 0 aliphatic carbocycles. The first kappa shape index (κ1) is 12.3. The molecule has 0 bridgehead atoms. The van der Waals surface area contributed by atoms with Crippen LogP contribution < -0.4 is 16.0 Å². The predicted molar refractivity (Wildman–Crippen MR) is 70.4 cm³/mol. The SMILES string of the molecule is CCCc1ccc(Oc2ccnc(NN)n2)cc1. The van der Waals surface area contributed by atoms with Crippen LogP contribution in [0.3, 0.4) is 0 Å². The second-order valence-electron chi connectivity index (χ2n) is 3.86. The maximum absolute atomic E-state index is 5.61. The van der Waals surface area contributed by atoms with Crippen molar-refractivity contribution in [2.45, 2.75) is 19.8 Å². The Labute approximate surface area is 106 Å². The van der Waals surface area contributed by atoms with Crippen LogP contribution in [0.5, 0.6) is 11.6 Å². The van der Waals surface area contributed by atoms with E-state index < -0.39 is 0 Å². The van der Waals surface area contributed by atoms with Crippen molar-refractivity contribution in [2.75, 3.05) is 5.43 Å². The summed E-state index contributed by atoms with van der Waals surface area (Å²) in [7, 11) is 0. The molecule has 0 aliphatic heterocycles. The monoisotopic (exact) mass is 244 g/mol. The molecule has 0 fully saturated rings. The molecular formula is C13H16N4O. The van der Waals surface area contributed by atoms with Crippen LogP contribution in [0.2, 0.25) is 0 Å². The van der Waals surface area contributed by atoms with Crippen molar-refractivity contribution >= 4 is 5.95 Å². The number of ether oxygens (including phenoxy) is 1. The average molecular weight is 244 g/mol. The number of aryl methyl sites for hydroxylation is 1. The molecule has 3 N–H and O–H groups in total. The van der Waals surface area contributed by atoms with E-state index in [1.807, 2.05) is 12.1 Å². The van der Waals surface area contributed by atoms with E-state index in [0.717, 1.165) is 18.6 Å². The van der Waals surface area contributed by atoms with Gasteiger partial charge in [-0.2, -0.15) is 4.98 Å². The van der Waals surface area contributed by atoms with Gasteiger partial charge < -0.3 is 4.74 Å². The molecule has 94 valence electrons. The van der Waals surface area contributed by atoms with Gasteiger partial charge in [0.1, 0.15) is 5.75 Å². The smallest absolute Gasteiger partial charge is 0.240 e. The van der Waals surface area contributed by atoms with Crippen molar-refractivity contribution < 1.29 is 4.74 Å². The summed E-state index contributed by atoms with van der Waals surface area (Å²) >= 11 is 0. The normalized spacial score (nSPS) is 10.1. The number of hydrazine groups is 1. The molecule has 1 heterocycles. The molecule has 0 atom stereocenters. The molecule has 0 saturated heterocycles. The number of aromatic nitrogens is 2. The highest BCUT2D eigenvalue weighted by atomic mass is 16.5. The Morgan fingerprint density at radius 1 is 1.22 bits per heavy atom. The van der Waals surface area contributed by atoms with Gasteiger partial charge in [-0.15, -0.1) is 0 Å². The van der Waals surface area contributed by atoms with Crippen LogP contribution in [0, 0.1) is 0 Å². The molecule has 0 amide bonds. The van der Waals surface area contributed by atoms with Crippen molar-refractivity contribution in [3.05, 3.63) is 42.1 Å². The number of nitrogens with one attached hydrogen (secondary N) is 1. The fourth-order valence-corrected chi connectivity index (χ4v) is 1.60. The Kier molecular flexibility index (Phi) is 4.09. The molecule has 0 spiro atoms. The zero-order valence-electron chi connectivity index (χ0n) is 10.3. The molecule has 1 aromatic carbocycles. The van der Waals surface area contributed by atoms with Crippen LogP contribution in [0.4, 0.5) is 5.95 Å². The highest BCUT2D eigenvalue weighted by Crippen LogP contribution is 2.20.